The van der Waals surface area contributed by atoms with Gasteiger partial charge in [-0.25, -0.2) is 0 Å². The number of nitrogens with zero attached hydrogens (tertiary/aromatic N) is 3. The number of nitrogens with two attached hydrogens (primary N) is 1. The average Bonchev–Trinajstić information content (AvgIpc) is 2.70. The molecule has 0 unspecified atom stereocenters. The zero-order valence-electron chi connectivity index (χ0n) is 15.8. The molecule has 0 atom stereocenters. The number of benzene rings is 2. The van der Waals surface area contributed by atoms with E-state index >= 15 is 0 Å². The number of anilines is 2. The van der Waals surface area contributed by atoms with Gasteiger partial charge in [-0.1, -0.05) is 0 Å². The molecule has 0 radical (unpaired) electrons. The van der Waals surface area contributed by atoms with E-state index in [2.05, 4.69) is 5.32 Å². The third-order valence-corrected chi connectivity index (χ3v) is 3.75. The van der Waals surface area contributed by atoms with Crippen LogP contribution in [0.25, 0.3) is 0 Å². The van der Waals surface area contributed by atoms with Gasteiger partial charge >= 0.3 is 5.69 Å². The lowest BCUT2D eigenvalue weighted by Crippen LogP contribution is -2.06. The maximum absolute atomic E-state index is 10.6. The Balaban J connectivity index is 0.000000316. The van der Waals surface area contributed by atoms with Gasteiger partial charge in [0.1, 0.15) is 5.75 Å². The second kappa shape index (κ2) is 11.1. The van der Waals surface area contributed by atoms with Crippen molar-refractivity contribution in [1.29, 1.82) is 0 Å². The zero-order valence-corrected chi connectivity index (χ0v) is 15.8. The Labute approximate surface area is 173 Å². The van der Waals surface area contributed by atoms with E-state index in [0.29, 0.717) is 11.6 Å². The maximum atomic E-state index is 10.6. The SMILES string of the molecule is Nc1c(O)ccc(CCO)c1[N+](=O)[O-].O=[N+]([O-])c1cc(NCCO)c(O)c([N+](=O)[O-])c1. The Kier molecular flexibility index (Phi) is 8.86. The minimum Gasteiger partial charge on any atom is -0.506 e. The summed E-state index contributed by atoms with van der Waals surface area (Å²) < 4.78 is 0. The molecular weight excluding hydrogens is 422 g/mol. The van der Waals surface area contributed by atoms with E-state index in [0.717, 1.165) is 6.07 Å². The first-order valence-electron chi connectivity index (χ1n) is 8.41. The molecule has 0 saturated carbocycles. The van der Waals surface area contributed by atoms with Crippen LogP contribution in [0.3, 0.4) is 0 Å². The number of aliphatic hydroxyl groups excluding tert-OH is 2. The molecular formula is C16H19N5O10. The van der Waals surface area contributed by atoms with Gasteiger partial charge in [0.05, 0.1) is 33.1 Å². The Morgan fingerprint density at radius 2 is 1.58 bits per heavy atom. The second-order valence-corrected chi connectivity index (χ2v) is 5.76. The number of aromatic hydroxyl groups is 2. The van der Waals surface area contributed by atoms with Crippen LogP contribution in [0, 0.1) is 30.3 Å². The number of aliphatic hydroxyl groups is 2. The fraction of sp³-hybridized carbons (Fsp3) is 0.250. The summed E-state index contributed by atoms with van der Waals surface area (Å²) in [7, 11) is 0. The maximum Gasteiger partial charge on any atom is 0.319 e. The number of non-ortho nitro benzene ring substituents is 1. The molecule has 15 nitrogen and oxygen atoms in total. The summed E-state index contributed by atoms with van der Waals surface area (Å²) in [5, 5.41) is 70.0. The summed E-state index contributed by atoms with van der Waals surface area (Å²) in [6.07, 6.45) is 0.140. The molecule has 0 aliphatic rings. The third-order valence-electron chi connectivity index (χ3n) is 3.75. The number of nitro benzene ring substituents is 3. The Hall–Kier alpha value is -4.24. The molecule has 15 heteroatoms. The molecule has 0 fully saturated rings. The molecule has 0 bridgehead atoms. The number of nitrogen functional groups attached to an aromatic ring is 1. The molecule has 0 spiro atoms. The summed E-state index contributed by atoms with van der Waals surface area (Å²) in [5.74, 6) is -1.02. The van der Waals surface area contributed by atoms with Gasteiger partial charge in [0.25, 0.3) is 11.4 Å². The van der Waals surface area contributed by atoms with Gasteiger partial charge in [-0.05, 0) is 12.1 Å². The van der Waals surface area contributed by atoms with Crippen LogP contribution in [0.1, 0.15) is 5.56 Å². The largest absolute Gasteiger partial charge is 0.506 e. The van der Waals surface area contributed by atoms with Crippen LogP contribution in [-0.4, -0.2) is 55.0 Å². The van der Waals surface area contributed by atoms with E-state index < -0.39 is 31.9 Å². The highest BCUT2D eigenvalue weighted by atomic mass is 16.6. The number of hydrogen-bond acceptors (Lipinski definition) is 12. The molecule has 2 aromatic carbocycles. The van der Waals surface area contributed by atoms with Crippen molar-refractivity contribution in [3.05, 3.63) is 60.2 Å². The Morgan fingerprint density at radius 3 is 2.06 bits per heavy atom. The van der Waals surface area contributed by atoms with Crippen molar-refractivity contribution in [2.75, 3.05) is 30.8 Å². The zero-order chi connectivity index (χ0) is 23.7. The summed E-state index contributed by atoms with van der Waals surface area (Å²) in [6.45, 7) is -0.479. The summed E-state index contributed by atoms with van der Waals surface area (Å²) in [4.78, 5) is 29.3. The topological polar surface area (TPSA) is 248 Å². The predicted octanol–water partition coefficient (Wildman–Crippen LogP) is 1.03. The Bertz CT molecular complexity index is 982. The fourth-order valence-corrected chi connectivity index (χ4v) is 2.35. The van der Waals surface area contributed by atoms with Crippen molar-refractivity contribution >= 4 is 28.4 Å². The summed E-state index contributed by atoms with van der Waals surface area (Å²) in [5.41, 5.74) is 3.61. The predicted molar refractivity (Wildman–Crippen MR) is 107 cm³/mol. The van der Waals surface area contributed by atoms with E-state index in [-0.39, 0.29) is 49.0 Å². The normalized spacial score (nSPS) is 10.0. The van der Waals surface area contributed by atoms with E-state index in [9.17, 15) is 35.4 Å². The summed E-state index contributed by atoms with van der Waals surface area (Å²) in [6, 6.07) is 4.27. The highest BCUT2D eigenvalue weighted by molar-refractivity contribution is 5.70. The average molecular weight is 441 g/mol. The molecule has 0 saturated heterocycles. The number of rotatable bonds is 8. The van der Waals surface area contributed by atoms with Crippen molar-refractivity contribution in [2.24, 2.45) is 0 Å². The fourth-order valence-electron chi connectivity index (χ4n) is 2.35. The van der Waals surface area contributed by atoms with Crippen LogP contribution < -0.4 is 11.1 Å². The monoisotopic (exact) mass is 441 g/mol. The quantitative estimate of drug-likeness (QED) is 0.145. The highest BCUT2D eigenvalue weighted by Crippen LogP contribution is 2.37. The van der Waals surface area contributed by atoms with Gasteiger partial charge < -0.3 is 31.5 Å². The van der Waals surface area contributed by atoms with Crippen LogP contribution in [0.2, 0.25) is 0 Å². The standard InChI is InChI=1S/C8H9N3O6.C8H10N2O4/c12-2-1-9-6-3-5(10(14)15)4-7(8(6)13)11(16)17;9-7-6(12)2-1-5(3-4-11)8(7)10(13)14/h3-4,9,12-13H,1-2H2;1-2,11-12H,3-4,9H2. The van der Waals surface area contributed by atoms with E-state index in [4.69, 9.17) is 21.1 Å². The lowest BCUT2D eigenvalue weighted by atomic mass is 10.1. The van der Waals surface area contributed by atoms with Crippen molar-refractivity contribution in [1.82, 2.24) is 0 Å². The smallest absolute Gasteiger partial charge is 0.319 e. The molecule has 0 aliphatic heterocycles. The molecule has 168 valence electrons. The van der Waals surface area contributed by atoms with Crippen molar-refractivity contribution < 1.29 is 35.2 Å². The molecule has 2 rings (SSSR count). The number of nitrogens with one attached hydrogen (secondary N) is 1. The van der Waals surface area contributed by atoms with E-state index in [1.165, 1.54) is 12.1 Å². The summed E-state index contributed by atoms with van der Waals surface area (Å²) >= 11 is 0. The molecule has 0 amide bonds. The minimum absolute atomic E-state index is 0.00584. The van der Waals surface area contributed by atoms with Crippen LogP contribution in [0.15, 0.2) is 24.3 Å². The van der Waals surface area contributed by atoms with Gasteiger partial charge in [-0.2, -0.15) is 0 Å². The first-order chi connectivity index (χ1) is 14.5. The first-order valence-corrected chi connectivity index (χ1v) is 8.41. The van der Waals surface area contributed by atoms with Gasteiger partial charge in [-0.15, -0.1) is 0 Å². The number of nitro groups is 3. The van der Waals surface area contributed by atoms with Crippen LogP contribution in [0.5, 0.6) is 11.5 Å². The van der Waals surface area contributed by atoms with Crippen molar-refractivity contribution in [2.45, 2.75) is 6.42 Å². The number of hydrogen-bond donors (Lipinski definition) is 6. The number of phenolic OH excluding ortho intramolecular Hbond substituents is 2. The molecule has 0 heterocycles. The van der Waals surface area contributed by atoms with E-state index in [1.54, 1.807) is 0 Å². The lowest BCUT2D eigenvalue weighted by Gasteiger charge is -2.06. The van der Waals surface area contributed by atoms with Gasteiger partial charge in [0.2, 0.25) is 5.75 Å². The molecule has 2 aromatic rings. The van der Waals surface area contributed by atoms with Crippen LogP contribution in [0.4, 0.5) is 28.4 Å². The van der Waals surface area contributed by atoms with Gasteiger partial charge in [-0.3, -0.25) is 30.3 Å². The molecule has 0 aromatic heterocycles. The second-order valence-electron chi connectivity index (χ2n) is 5.76. The minimum atomic E-state index is -0.924. The molecule has 31 heavy (non-hydrogen) atoms. The Morgan fingerprint density at radius 1 is 0.935 bits per heavy atom. The van der Waals surface area contributed by atoms with Gasteiger partial charge in [0, 0.05) is 31.2 Å². The third kappa shape index (κ3) is 6.38. The number of phenols is 2. The van der Waals surface area contributed by atoms with Gasteiger partial charge in [0.15, 0.2) is 5.69 Å². The lowest BCUT2D eigenvalue weighted by molar-refractivity contribution is -0.394. The molecule has 0 aliphatic carbocycles. The van der Waals surface area contributed by atoms with Crippen LogP contribution >= 0.6 is 0 Å². The van der Waals surface area contributed by atoms with E-state index in [1.807, 2.05) is 0 Å². The van der Waals surface area contributed by atoms with Crippen molar-refractivity contribution in [3.63, 3.8) is 0 Å². The molecule has 7 N–H and O–H groups in total. The first kappa shape index (κ1) is 24.8. The van der Waals surface area contributed by atoms with Crippen LogP contribution in [-0.2, 0) is 6.42 Å². The van der Waals surface area contributed by atoms with Crippen molar-refractivity contribution in [3.8, 4) is 11.5 Å². The highest BCUT2D eigenvalue weighted by Gasteiger charge is 2.23.